The molecular formula is C22H28N2O3. The zero-order valence-electron chi connectivity index (χ0n) is 15.9. The van der Waals surface area contributed by atoms with Crippen molar-refractivity contribution in [2.24, 2.45) is 5.92 Å². The molecule has 1 saturated heterocycles. The van der Waals surface area contributed by atoms with Crippen molar-refractivity contribution in [3.63, 3.8) is 0 Å². The summed E-state index contributed by atoms with van der Waals surface area (Å²) in [5.41, 5.74) is 1.38. The number of ether oxygens (including phenoxy) is 2. The van der Waals surface area contributed by atoms with Crippen LogP contribution in [-0.4, -0.2) is 37.4 Å². The zero-order chi connectivity index (χ0) is 18.9. The Kier molecular flexibility index (Phi) is 6.97. The van der Waals surface area contributed by atoms with Gasteiger partial charge in [-0.15, -0.1) is 0 Å². The number of hydrogen-bond acceptors (Lipinski definition) is 3. The lowest BCUT2D eigenvalue weighted by Gasteiger charge is -2.32. The van der Waals surface area contributed by atoms with Crippen molar-refractivity contribution >= 4 is 6.03 Å². The quantitative estimate of drug-likeness (QED) is 0.749. The first-order valence-electron chi connectivity index (χ1n) is 9.67. The van der Waals surface area contributed by atoms with E-state index in [1.807, 2.05) is 42.2 Å². The van der Waals surface area contributed by atoms with Crippen LogP contribution in [0.2, 0.25) is 0 Å². The van der Waals surface area contributed by atoms with Crippen LogP contribution < -0.4 is 14.8 Å². The van der Waals surface area contributed by atoms with Gasteiger partial charge >= 0.3 is 6.03 Å². The monoisotopic (exact) mass is 368 g/mol. The van der Waals surface area contributed by atoms with Crippen LogP contribution in [-0.2, 0) is 6.42 Å². The molecule has 0 unspecified atom stereocenters. The summed E-state index contributed by atoms with van der Waals surface area (Å²) in [4.78, 5) is 14.2. The average Bonchev–Trinajstić information content (AvgIpc) is 2.71. The standard InChI is InChI=1S/C22H28N2O3/c1-2-26-20-8-10-21(11-9-20)27-17-23-22(25)24-14-12-19(13-15-24)16-18-6-4-3-5-7-18/h3-11,19H,2,12-17H2,1H3,(H,23,25). The van der Waals surface area contributed by atoms with Crippen molar-refractivity contribution < 1.29 is 14.3 Å². The molecule has 5 nitrogen and oxygen atoms in total. The van der Waals surface area contributed by atoms with Gasteiger partial charge in [-0.25, -0.2) is 4.79 Å². The van der Waals surface area contributed by atoms with E-state index in [9.17, 15) is 4.79 Å². The van der Waals surface area contributed by atoms with E-state index in [1.165, 1.54) is 5.56 Å². The Hall–Kier alpha value is -2.69. The van der Waals surface area contributed by atoms with E-state index in [2.05, 4.69) is 29.6 Å². The van der Waals surface area contributed by atoms with E-state index in [0.717, 1.165) is 38.1 Å². The van der Waals surface area contributed by atoms with Crippen LogP contribution in [0.15, 0.2) is 54.6 Å². The third-order valence-electron chi connectivity index (χ3n) is 4.87. The van der Waals surface area contributed by atoms with E-state index >= 15 is 0 Å². The molecule has 5 heteroatoms. The SMILES string of the molecule is CCOc1ccc(OCNC(=O)N2CCC(Cc3ccccc3)CC2)cc1. The number of nitrogens with zero attached hydrogens (tertiary/aromatic N) is 1. The van der Waals surface area contributed by atoms with Crippen LogP contribution in [0.25, 0.3) is 0 Å². The van der Waals surface area contributed by atoms with Gasteiger partial charge in [-0.2, -0.15) is 0 Å². The van der Waals surface area contributed by atoms with E-state index in [4.69, 9.17) is 9.47 Å². The molecule has 1 fully saturated rings. The number of urea groups is 1. The molecule has 1 aliphatic heterocycles. The molecule has 2 amide bonds. The maximum Gasteiger partial charge on any atom is 0.320 e. The summed E-state index contributed by atoms with van der Waals surface area (Å²) in [5, 5.41) is 2.84. The van der Waals surface area contributed by atoms with Gasteiger partial charge in [0.25, 0.3) is 0 Å². The lowest BCUT2D eigenvalue weighted by molar-refractivity contribution is 0.160. The first-order chi connectivity index (χ1) is 13.2. The highest BCUT2D eigenvalue weighted by Gasteiger charge is 2.22. The Balaban J connectivity index is 1.35. The summed E-state index contributed by atoms with van der Waals surface area (Å²) >= 11 is 0. The summed E-state index contributed by atoms with van der Waals surface area (Å²) in [6, 6.07) is 17.9. The van der Waals surface area contributed by atoms with Crippen molar-refractivity contribution in [3.8, 4) is 11.5 Å². The summed E-state index contributed by atoms with van der Waals surface area (Å²) in [6.07, 6.45) is 3.18. The Morgan fingerprint density at radius 2 is 1.63 bits per heavy atom. The molecule has 2 aromatic carbocycles. The van der Waals surface area contributed by atoms with Gasteiger partial charge in [-0.1, -0.05) is 30.3 Å². The first kappa shape index (κ1) is 19.1. The highest BCUT2D eigenvalue weighted by Crippen LogP contribution is 2.22. The lowest BCUT2D eigenvalue weighted by atomic mass is 9.90. The van der Waals surface area contributed by atoms with Crippen LogP contribution in [0.1, 0.15) is 25.3 Å². The van der Waals surface area contributed by atoms with Crippen molar-refractivity contribution in [2.45, 2.75) is 26.2 Å². The first-order valence-corrected chi connectivity index (χ1v) is 9.67. The smallest absolute Gasteiger partial charge is 0.320 e. The normalized spacial score (nSPS) is 14.6. The van der Waals surface area contributed by atoms with E-state index < -0.39 is 0 Å². The predicted octanol–water partition coefficient (Wildman–Crippen LogP) is 4.09. The van der Waals surface area contributed by atoms with Gasteiger partial charge in [0.2, 0.25) is 0 Å². The van der Waals surface area contributed by atoms with E-state index in [0.29, 0.717) is 18.3 Å². The molecule has 1 N–H and O–H groups in total. The largest absolute Gasteiger partial charge is 0.494 e. The second kappa shape index (κ2) is 9.86. The van der Waals surface area contributed by atoms with Crippen LogP contribution in [0, 0.1) is 5.92 Å². The molecule has 0 saturated carbocycles. The molecule has 0 aromatic heterocycles. The van der Waals surface area contributed by atoms with Crippen LogP contribution >= 0.6 is 0 Å². The fourth-order valence-corrected chi connectivity index (χ4v) is 3.38. The van der Waals surface area contributed by atoms with E-state index in [-0.39, 0.29) is 12.8 Å². The minimum absolute atomic E-state index is 0.0564. The van der Waals surface area contributed by atoms with Gasteiger partial charge in [0.05, 0.1) is 6.61 Å². The molecule has 1 aliphatic rings. The number of hydrogen-bond donors (Lipinski definition) is 1. The van der Waals surface area contributed by atoms with Crippen LogP contribution in [0.3, 0.4) is 0 Å². The third-order valence-corrected chi connectivity index (χ3v) is 4.87. The number of nitrogens with one attached hydrogen (secondary N) is 1. The fraction of sp³-hybridized carbons (Fsp3) is 0.409. The molecule has 0 atom stereocenters. The molecule has 0 spiro atoms. The number of carbonyl (C=O) groups is 1. The lowest BCUT2D eigenvalue weighted by Crippen LogP contribution is -2.45. The van der Waals surface area contributed by atoms with Gasteiger partial charge in [-0.05, 0) is 61.9 Å². The highest BCUT2D eigenvalue weighted by molar-refractivity contribution is 5.74. The summed E-state index contributed by atoms with van der Waals surface area (Å²) in [6.45, 7) is 4.35. The second-order valence-electron chi connectivity index (χ2n) is 6.80. The topological polar surface area (TPSA) is 50.8 Å². The number of piperidine rings is 1. The van der Waals surface area contributed by atoms with Crippen molar-refractivity contribution in [1.29, 1.82) is 0 Å². The molecule has 2 aromatic rings. The van der Waals surface area contributed by atoms with Gasteiger partial charge in [0.1, 0.15) is 11.5 Å². The minimum atomic E-state index is -0.0564. The van der Waals surface area contributed by atoms with Gasteiger partial charge in [0, 0.05) is 13.1 Å². The number of benzene rings is 2. The minimum Gasteiger partial charge on any atom is -0.494 e. The van der Waals surface area contributed by atoms with E-state index in [1.54, 1.807) is 0 Å². The van der Waals surface area contributed by atoms with Crippen molar-refractivity contribution in [1.82, 2.24) is 10.2 Å². The second-order valence-corrected chi connectivity index (χ2v) is 6.80. The number of likely N-dealkylation sites (tertiary alicyclic amines) is 1. The number of carbonyl (C=O) groups excluding carboxylic acids is 1. The van der Waals surface area contributed by atoms with Gasteiger partial charge in [-0.3, -0.25) is 0 Å². The molecule has 0 radical (unpaired) electrons. The van der Waals surface area contributed by atoms with Gasteiger partial charge < -0.3 is 19.7 Å². The summed E-state index contributed by atoms with van der Waals surface area (Å²) < 4.78 is 11.0. The Morgan fingerprint density at radius 3 is 2.26 bits per heavy atom. The molecule has 0 bridgehead atoms. The number of rotatable bonds is 7. The van der Waals surface area contributed by atoms with Crippen molar-refractivity contribution in [2.75, 3.05) is 26.4 Å². The summed E-state index contributed by atoms with van der Waals surface area (Å²) in [7, 11) is 0. The zero-order valence-corrected chi connectivity index (χ0v) is 15.9. The third kappa shape index (κ3) is 5.91. The number of amides is 2. The molecule has 144 valence electrons. The Morgan fingerprint density at radius 1 is 1.00 bits per heavy atom. The maximum absolute atomic E-state index is 12.3. The predicted molar refractivity (Wildman–Crippen MR) is 106 cm³/mol. The molecule has 27 heavy (non-hydrogen) atoms. The Bertz CT molecular complexity index is 695. The van der Waals surface area contributed by atoms with Crippen molar-refractivity contribution in [3.05, 3.63) is 60.2 Å². The maximum atomic E-state index is 12.3. The van der Waals surface area contributed by atoms with Crippen LogP contribution in [0.5, 0.6) is 11.5 Å². The Labute approximate surface area is 161 Å². The van der Waals surface area contributed by atoms with Gasteiger partial charge in [0.15, 0.2) is 6.73 Å². The average molecular weight is 368 g/mol. The molecule has 1 heterocycles. The molecule has 3 rings (SSSR count). The molecule has 0 aliphatic carbocycles. The van der Waals surface area contributed by atoms with Crippen LogP contribution in [0.4, 0.5) is 4.79 Å². The fourth-order valence-electron chi connectivity index (χ4n) is 3.38. The molecular weight excluding hydrogens is 340 g/mol. The summed E-state index contributed by atoms with van der Waals surface area (Å²) in [5.74, 6) is 2.17. The highest BCUT2D eigenvalue weighted by atomic mass is 16.5.